The van der Waals surface area contributed by atoms with E-state index in [2.05, 4.69) is 22.3 Å². The summed E-state index contributed by atoms with van der Waals surface area (Å²) in [5, 5.41) is 1.74. The lowest BCUT2D eigenvalue weighted by atomic mass is 10.4. The third kappa shape index (κ3) is 4.27. The highest BCUT2D eigenvalue weighted by Gasteiger charge is 2.03. The van der Waals surface area contributed by atoms with Crippen molar-refractivity contribution in [3.8, 4) is 0 Å². The fourth-order valence-corrected chi connectivity index (χ4v) is 2.39. The van der Waals surface area contributed by atoms with Crippen LogP contribution in [0.3, 0.4) is 0 Å². The predicted molar refractivity (Wildman–Crippen MR) is 67.3 cm³/mol. The number of aromatic nitrogens is 2. The van der Waals surface area contributed by atoms with Gasteiger partial charge in [0.1, 0.15) is 10.8 Å². The monoisotopic (exact) mass is 244 g/mol. The number of nitrogens with one attached hydrogen (secondary N) is 1. The molecule has 6 heteroatoms. The smallest absolute Gasteiger partial charge is 0.190 e. The lowest BCUT2D eigenvalue weighted by Crippen LogP contribution is -2.09. The van der Waals surface area contributed by atoms with Crippen LogP contribution in [0.4, 0.5) is 5.82 Å². The number of anilines is 1. The number of nitrogens with zero attached hydrogens (tertiary/aromatic N) is 2. The Balaban J connectivity index is 2.68. The maximum Gasteiger partial charge on any atom is 0.190 e. The van der Waals surface area contributed by atoms with Gasteiger partial charge in [-0.1, -0.05) is 25.1 Å². The number of nitrogens with two attached hydrogens (primary N) is 1. The first kappa shape index (κ1) is 12.6. The van der Waals surface area contributed by atoms with Crippen molar-refractivity contribution < 1.29 is 0 Å². The first-order valence-corrected chi connectivity index (χ1v) is 7.03. The summed E-state index contributed by atoms with van der Waals surface area (Å²) in [5.41, 5.74) is 2.55. The molecule has 0 aliphatic rings. The van der Waals surface area contributed by atoms with E-state index in [0.29, 0.717) is 5.82 Å². The Morgan fingerprint density at radius 2 is 2.27 bits per heavy atom. The Labute approximate surface area is 98.8 Å². The van der Waals surface area contributed by atoms with Gasteiger partial charge in [-0.05, 0) is 18.4 Å². The van der Waals surface area contributed by atoms with Crippen LogP contribution in [-0.4, -0.2) is 22.0 Å². The number of hydrazine groups is 1. The molecular weight excluding hydrogens is 228 g/mol. The molecule has 0 aliphatic carbocycles. The zero-order chi connectivity index (χ0) is 11.1. The van der Waals surface area contributed by atoms with Crippen LogP contribution in [0.1, 0.15) is 19.8 Å². The van der Waals surface area contributed by atoms with Crippen molar-refractivity contribution in [3.05, 3.63) is 6.07 Å². The Morgan fingerprint density at radius 3 is 2.87 bits per heavy atom. The Hall–Kier alpha value is -0.460. The standard InChI is InChI=1S/C9H16N4S2/c1-3-4-5-15-8-6-7(13-10)11-9(12-8)14-2/h6H,3-5,10H2,1-2H3,(H,11,12,13). The third-order valence-electron chi connectivity index (χ3n) is 1.76. The number of thioether (sulfide) groups is 2. The van der Waals surface area contributed by atoms with E-state index in [-0.39, 0.29) is 0 Å². The molecule has 1 aromatic heterocycles. The first-order chi connectivity index (χ1) is 7.30. The van der Waals surface area contributed by atoms with E-state index in [1.165, 1.54) is 24.6 Å². The van der Waals surface area contributed by atoms with Gasteiger partial charge in [-0.25, -0.2) is 15.8 Å². The van der Waals surface area contributed by atoms with Crippen molar-refractivity contribution in [2.24, 2.45) is 5.84 Å². The van der Waals surface area contributed by atoms with Crippen LogP contribution in [0.15, 0.2) is 16.2 Å². The fraction of sp³-hybridized carbons (Fsp3) is 0.556. The summed E-state index contributed by atoms with van der Waals surface area (Å²) in [6.07, 6.45) is 4.36. The number of hydrogen-bond donors (Lipinski definition) is 2. The van der Waals surface area contributed by atoms with Crippen molar-refractivity contribution in [1.82, 2.24) is 9.97 Å². The van der Waals surface area contributed by atoms with Crippen LogP contribution in [0.25, 0.3) is 0 Å². The number of hydrogen-bond acceptors (Lipinski definition) is 6. The number of rotatable bonds is 6. The molecular formula is C9H16N4S2. The summed E-state index contributed by atoms with van der Waals surface area (Å²) >= 11 is 3.26. The largest absolute Gasteiger partial charge is 0.308 e. The van der Waals surface area contributed by atoms with Crippen molar-refractivity contribution in [2.45, 2.75) is 29.9 Å². The number of unbranched alkanes of at least 4 members (excludes halogenated alkanes) is 1. The van der Waals surface area contributed by atoms with Crippen LogP contribution in [0.5, 0.6) is 0 Å². The van der Waals surface area contributed by atoms with E-state index in [0.717, 1.165) is 15.9 Å². The molecule has 0 atom stereocenters. The van der Waals surface area contributed by atoms with E-state index in [4.69, 9.17) is 5.84 Å². The van der Waals surface area contributed by atoms with E-state index >= 15 is 0 Å². The van der Waals surface area contributed by atoms with Crippen LogP contribution in [0.2, 0.25) is 0 Å². The van der Waals surface area contributed by atoms with E-state index in [1.807, 2.05) is 12.3 Å². The highest BCUT2D eigenvalue weighted by molar-refractivity contribution is 7.99. The minimum atomic E-state index is 0.674. The van der Waals surface area contributed by atoms with Crippen LogP contribution >= 0.6 is 23.5 Å². The summed E-state index contributed by atoms with van der Waals surface area (Å²) in [5.74, 6) is 7.10. The molecule has 84 valence electrons. The highest BCUT2D eigenvalue weighted by atomic mass is 32.2. The van der Waals surface area contributed by atoms with Gasteiger partial charge in [0.25, 0.3) is 0 Å². The fourth-order valence-electron chi connectivity index (χ4n) is 0.964. The minimum absolute atomic E-state index is 0.674. The summed E-state index contributed by atoms with van der Waals surface area (Å²) in [6.45, 7) is 2.18. The quantitative estimate of drug-likeness (QED) is 0.200. The lowest BCUT2D eigenvalue weighted by Gasteiger charge is -2.05. The minimum Gasteiger partial charge on any atom is -0.308 e. The van der Waals surface area contributed by atoms with Crippen molar-refractivity contribution in [1.29, 1.82) is 0 Å². The summed E-state index contributed by atoms with van der Waals surface area (Å²) < 4.78 is 0. The molecule has 4 nitrogen and oxygen atoms in total. The SMILES string of the molecule is CCCCSc1cc(NN)nc(SC)n1. The van der Waals surface area contributed by atoms with Gasteiger partial charge in [-0.15, -0.1) is 11.8 Å². The molecule has 1 rings (SSSR count). The van der Waals surface area contributed by atoms with Gasteiger partial charge in [0, 0.05) is 6.07 Å². The molecule has 0 saturated heterocycles. The topological polar surface area (TPSA) is 63.8 Å². The first-order valence-electron chi connectivity index (χ1n) is 4.82. The van der Waals surface area contributed by atoms with Gasteiger partial charge in [0.05, 0.1) is 0 Å². The van der Waals surface area contributed by atoms with E-state index < -0.39 is 0 Å². The van der Waals surface area contributed by atoms with Gasteiger partial charge in [-0.3, -0.25) is 0 Å². The van der Waals surface area contributed by atoms with Crippen LogP contribution < -0.4 is 11.3 Å². The molecule has 0 spiro atoms. The Morgan fingerprint density at radius 1 is 1.47 bits per heavy atom. The second kappa shape index (κ2) is 6.92. The summed E-state index contributed by atoms with van der Waals surface area (Å²) in [7, 11) is 0. The zero-order valence-corrected chi connectivity index (χ0v) is 10.6. The normalized spacial score (nSPS) is 10.3. The van der Waals surface area contributed by atoms with Gasteiger partial charge in [0.2, 0.25) is 0 Å². The molecule has 1 aromatic rings. The molecule has 0 radical (unpaired) electrons. The van der Waals surface area contributed by atoms with E-state index in [1.54, 1.807) is 11.8 Å². The van der Waals surface area contributed by atoms with Gasteiger partial charge in [0.15, 0.2) is 5.16 Å². The molecule has 0 aromatic carbocycles. The van der Waals surface area contributed by atoms with Crippen LogP contribution in [-0.2, 0) is 0 Å². The highest BCUT2D eigenvalue weighted by Crippen LogP contribution is 2.22. The molecule has 0 saturated carbocycles. The Kier molecular flexibility index (Phi) is 5.82. The Bertz CT molecular complexity index is 284. The van der Waals surface area contributed by atoms with Crippen molar-refractivity contribution in [3.63, 3.8) is 0 Å². The van der Waals surface area contributed by atoms with Gasteiger partial charge < -0.3 is 5.43 Å². The molecule has 3 N–H and O–H groups in total. The summed E-state index contributed by atoms with van der Waals surface area (Å²) in [4.78, 5) is 8.59. The average molecular weight is 244 g/mol. The van der Waals surface area contributed by atoms with E-state index in [9.17, 15) is 0 Å². The van der Waals surface area contributed by atoms with Gasteiger partial charge in [-0.2, -0.15) is 0 Å². The summed E-state index contributed by atoms with van der Waals surface area (Å²) in [6, 6.07) is 1.88. The lowest BCUT2D eigenvalue weighted by molar-refractivity contribution is 0.876. The molecule has 0 fully saturated rings. The zero-order valence-electron chi connectivity index (χ0n) is 8.99. The average Bonchev–Trinajstić information content (AvgIpc) is 2.29. The maximum absolute atomic E-state index is 5.34. The second-order valence-electron chi connectivity index (χ2n) is 2.92. The molecule has 0 amide bonds. The molecule has 1 heterocycles. The molecule has 15 heavy (non-hydrogen) atoms. The van der Waals surface area contributed by atoms with Crippen molar-refractivity contribution >= 4 is 29.3 Å². The third-order valence-corrected chi connectivity index (χ3v) is 3.31. The number of nitrogen functional groups attached to an aromatic ring is 1. The maximum atomic E-state index is 5.34. The predicted octanol–water partition coefficient (Wildman–Crippen LogP) is 2.38. The van der Waals surface area contributed by atoms with Gasteiger partial charge >= 0.3 is 0 Å². The molecule has 0 unspecified atom stereocenters. The molecule has 0 bridgehead atoms. The van der Waals surface area contributed by atoms with Crippen molar-refractivity contribution in [2.75, 3.05) is 17.4 Å². The van der Waals surface area contributed by atoms with Crippen LogP contribution in [0, 0.1) is 0 Å². The second-order valence-corrected chi connectivity index (χ2v) is 4.81. The molecule has 0 aliphatic heterocycles.